The topological polar surface area (TPSA) is 56.5 Å². The number of hydrogen-bond donors (Lipinski definition) is 2. The molecule has 0 amide bonds. The van der Waals surface area contributed by atoms with Crippen molar-refractivity contribution in [3.05, 3.63) is 29.3 Å². The van der Waals surface area contributed by atoms with Crippen molar-refractivity contribution in [3.63, 3.8) is 0 Å². The second kappa shape index (κ2) is 5.86. The molecule has 104 valence electrons. The van der Waals surface area contributed by atoms with Gasteiger partial charge in [0.25, 0.3) is 0 Å². The van der Waals surface area contributed by atoms with Crippen molar-refractivity contribution in [3.8, 4) is 0 Å². The van der Waals surface area contributed by atoms with Gasteiger partial charge < -0.3 is 20.5 Å². The van der Waals surface area contributed by atoms with Crippen LogP contribution >= 0.6 is 12.2 Å². The molecule has 2 rings (SSSR count). The zero-order valence-corrected chi connectivity index (χ0v) is 12.2. The van der Waals surface area contributed by atoms with Crippen molar-refractivity contribution in [2.75, 3.05) is 32.2 Å². The van der Waals surface area contributed by atoms with E-state index in [4.69, 9.17) is 27.4 Å². The average Bonchev–Trinajstić information content (AvgIpc) is 2.85. The van der Waals surface area contributed by atoms with Crippen molar-refractivity contribution >= 4 is 22.9 Å². The summed E-state index contributed by atoms with van der Waals surface area (Å²) in [6.07, 6.45) is 0.894. The summed E-state index contributed by atoms with van der Waals surface area (Å²) in [5, 5.41) is 3.40. The van der Waals surface area contributed by atoms with Crippen LogP contribution in [0, 0.1) is 6.92 Å². The predicted octanol–water partition coefficient (Wildman–Crippen LogP) is 1.85. The van der Waals surface area contributed by atoms with Crippen LogP contribution in [0.3, 0.4) is 0 Å². The van der Waals surface area contributed by atoms with E-state index in [1.54, 1.807) is 7.11 Å². The van der Waals surface area contributed by atoms with Gasteiger partial charge in [0.1, 0.15) is 10.6 Å². The highest BCUT2D eigenvalue weighted by atomic mass is 32.1. The number of rotatable bonds is 5. The first-order valence-electron chi connectivity index (χ1n) is 6.33. The van der Waals surface area contributed by atoms with Crippen molar-refractivity contribution in [2.24, 2.45) is 5.73 Å². The van der Waals surface area contributed by atoms with Crippen LogP contribution in [0.1, 0.15) is 17.5 Å². The first kappa shape index (κ1) is 14.2. The zero-order valence-electron chi connectivity index (χ0n) is 11.4. The van der Waals surface area contributed by atoms with E-state index < -0.39 is 0 Å². The van der Waals surface area contributed by atoms with E-state index in [0.717, 1.165) is 29.8 Å². The summed E-state index contributed by atoms with van der Waals surface area (Å²) in [5.41, 5.74) is 8.48. The molecule has 1 heterocycles. The minimum Gasteiger partial charge on any atom is -0.389 e. The number of nitrogens with one attached hydrogen (secondary N) is 1. The van der Waals surface area contributed by atoms with Crippen LogP contribution in [0.5, 0.6) is 0 Å². The van der Waals surface area contributed by atoms with Gasteiger partial charge in [-0.1, -0.05) is 18.3 Å². The molecule has 1 aliphatic rings. The van der Waals surface area contributed by atoms with Crippen molar-refractivity contribution < 1.29 is 9.47 Å². The summed E-state index contributed by atoms with van der Waals surface area (Å²) < 4.78 is 11.0. The Morgan fingerprint density at radius 2 is 2.37 bits per heavy atom. The van der Waals surface area contributed by atoms with Gasteiger partial charge in [-0.25, -0.2) is 0 Å². The van der Waals surface area contributed by atoms with Crippen LogP contribution in [-0.2, 0) is 9.47 Å². The molecule has 0 saturated carbocycles. The van der Waals surface area contributed by atoms with Crippen molar-refractivity contribution in [2.45, 2.75) is 18.9 Å². The lowest BCUT2D eigenvalue weighted by Gasteiger charge is -2.27. The van der Waals surface area contributed by atoms with E-state index in [1.807, 2.05) is 25.1 Å². The zero-order chi connectivity index (χ0) is 13.9. The Bertz CT molecular complexity index is 471. The number of anilines is 1. The van der Waals surface area contributed by atoms with Gasteiger partial charge in [0.2, 0.25) is 0 Å². The van der Waals surface area contributed by atoms with Gasteiger partial charge in [0.15, 0.2) is 0 Å². The van der Waals surface area contributed by atoms with Crippen LogP contribution in [0.4, 0.5) is 5.69 Å². The first-order chi connectivity index (χ1) is 9.06. The van der Waals surface area contributed by atoms with E-state index in [2.05, 4.69) is 5.32 Å². The molecular formula is C14H20N2O2S. The molecule has 0 spiro atoms. The fourth-order valence-corrected chi connectivity index (χ4v) is 2.41. The van der Waals surface area contributed by atoms with E-state index in [-0.39, 0.29) is 5.60 Å². The summed E-state index contributed by atoms with van der Waals surface area (Å²) in [6, 6.07) is 6.00. The standard InChI is InChI=1S/C14H20N2O2S/c1-10-3-4-11(13(15)19)12(7-10)16-8-14(17-2)5-6-18-9-14/h3-4,7,16H,5-6,8-9H2,1-2H3,(H2,15,19). The predicted molar refractivity (Wildman–Crippen MR) is 80.7 cm³/mol. The van der Waals surface area contributed by atoms with E-state index in [0.29, 0.717) is 18.1 Å². The highest BCUT2D eigenvalue weighted by molar-refractivity contribution is 7.80. The van der Waals surface area contributed by atoms with Crippen molar-refractivity contribution in [1.29, 1.82) is 0 Å². The monoisotopic (exact) mass is 280 g/mol. The number of aryl methyl sites for hydroxylation is 1. The fourth-order valence-electron chi connectivity index (χ4n) is 2.24. The molecule has 1 atom stereocenters. The van der Waals surface area contributed by atoms with Crippen LogP contribution in [0.15, 0.2) is 18.2 Å². The largest absolute Gasteiger partial charge is 0.389 e. The number of nitrogens with two attached hydrogens (primary N) is 1. The van der Waals surface area contributed by atoms with E-state index >= 15 is 0 Å². The molecular weight excluding hydrogens is 260 g/mol. The third-order valence-corrected chi connectivity index (χ3v) is 3.76. The SMILES string of the molecule is COC1(CNc2cc(C)ccc2C(N)=S)CCOC1. The number of thiocarbonyl (C=S) groups is 1. The maximum atomic E-state index is 5.75. The lowest BCUT2D eigenvalue weighted by Crippen LogP contribution is -2.39. The number of methoxy groups -OCH3 is 1. The molecule has 0 radical (unpaired) electrons. The molecule has 1 fully saturated rings. The molecule has 0 aromatic heterocycles. The van der Waals surface area contributed by atoms with Crippen LogP contribution in [-0.4, -0.2) is 37.5 Å². The third kappa shape index (κ3) is 3.23. The molecule has 4 nitrogen and oxygen atoms in total. The van der Waals surface area contributed by atoms with Gasteiger partial charge in [-0.2, -0.15) is 0 Å². The Hall–Kier alpha value is -1.17. The van der Waals surface area contributed by atoms with Crippen LogP contribution in [0.2, 0.25) is 0 Å². The number of hydrogen-bond acceptors (Lipinski definition) is 4. The molecule has 1 saturated heterocycles. The van der Waals surface area contributed by atoms with Gasteiger partial charge in [0.05, 0.1) is 6.61 Å². The summed E-state index contributed by atoms with van der Waals surface area (Å²) in [4.78, 5) is 0.400. The Labute approximate surface area is 119 Å². The molecule has 5 heteroatoms. The summed E-state index contributed by atoms with van der Waals surface area (Å²) in [7, 11) is 1.72. The van der Waals surface area contributed by atoms with Gasteiger partial charge in [0, 0.05) is 37.9 Å². The number of ether oxygens (including phenoxy) is 2. The first-order valence-corrected chi connectivity index (χ1v) is 6.74. The Morgan fingerprint density at radius 1 is 1.58 bits per heavy atom. The molecule has 0 aliphatic carbocycles. The van der Waals surface area contributed by atoms with Gasteiger partial charge in [-0.3, -0.25) is 0 Å². The fraction of sp³-hybridized carbons (Fsp3) is 0.500. The number of benzene rings is 1. The van der Waals surface area contributed by atoms with Gasteiger partial charge >= 0.3 is 0 Å². The minimum absolute atomic E-state index is 0.253. The highest BCUT2D eigenvalue weighted by Crippen LogP contribution is 2.25. The molecule has 1 aromatic carbocycles. The summed E-state index contributed by atoms with van der Waals surface area (Å²) in [5.74, 6) is 0. The maximum absolute atomic E-state index is 5.75. The normalized spacial score (nSPS) is 22.4. The van der Waals surface area contributed by atoms with Gasteiger partial charge in [-0.15, -0.1) is 0 Å². The molecule has 1 aliphatic heterocycles. The summed E-state index contributed by atoms with van der Waals surface area (Å²) >= 11 is 5.08. The summed E-state index contributed by atoms with van der Waals surface area (Å²) in [6.45, 7) is 4.08. The molecule has 1 unspecified atom stereocenters. The Kier molecular flexibility index (Phi) is 4.39. The van der Waals surface area contributed by atoms with Crippen LogP contribution < -0.4 is 11.1 Å². The molecule has 19 heavy (non-hydrogen) atoms. The molecule has 3 N–H and O–H groups in total. The quantitative estimate of drug-likeness (QED) is 0.806. The third-order valence-electron chi connectivity index (χ3n) is 3.54. The smallest absolute Gasteiger partial charge is 0.110 e. The highest BCUT2D eigenvalue weighted by Gasteiger charge is 2.34. The maximum Gasteiger partial charge on any atom is 0.110 e. The van der Waals surface area contributed by atoms with E-state index in [9.17, 15) is 0 Å². The Balaban J connectivity index is 2.14. The van der Waals surface area contributed by atoms with Crippen LogP contribution in [0.25, 0.3) is 0 Å². The second-order valence-electron chi connectivity index (χ2n) is 4.96. The Morgan fingerprint density at radius 3 is 2.95 bits per heavy atom. The lowest BCUT2D eigenvalue weighted by molar-refractivity contribution is -0.00620. The molecule has 0 bridgehead atoms. The lowest BCUT2D eigenvalue weighted by atomic mass is 10.0. The second-order valence-corrected chi connectivity index (χ2v) is 5.40. The van der Waals surface area contributed by atoms with E-state index in [1.165, 1.54) is 0 Å². The average molecular weight is 280 g/mol. The molecule has 1 aromatic rings. The van der Waals surface area contributed by atoms with Crippen molar-refractivity contribution in [1.82, 2.24) is 0 Å². The minimum atomic E-state index is -0.253. The van der Waals surface area contributed by atoms with Gasteiger partial charge in [-0.05, 0) is 24.6 Å².